The van der Waals surface area contributed by atoms with E-state index in [1.807, 2.05) is 0 Å². The fraction of sp³-hybridized carbons (Fsp3) is 0.562. The van der Waals surface area contributed by atoms with Crippen LogP contribution in [0.1, 0.15) is 37.7 Å². The molecule has 2 rings (SSSR count). The summed E-state index contributed by atoms with van der Waals surface area (Å²) < 4.78 is 0. The van der Waals surface area contributed by atoms with Crippen molar-refractivity contribution >= 4 is 24.0 Å². The molecule has 7 heteroatoms. The number of nitro benzene ring substituents is 1. The van der Waals surface area contributed by atoms with Gasteiger partial charge in [0, 0.05) is 18.7 Å². The van der Waals surface area contributed by atoms with E-state index in [2.05, 4.69) is 10.6 Å². The van der Waals surface area contributed by atoms with Crippen LogP contribution in [0.4, 0.5) is 5.69 Å². The number of piperidine rings is 1. The molecule has 0 saturated carbocycles. The zero-order valence-corrected chi connectivity index (χ0v) is 13.9. The molecule has 1 aromatic rings. The van der Waals surface area contributed by atoms with Crippen molar-refractivity contribution in [2.75, 3.05) is 13.1 Å². The molecular weight excluding hydrogens is 318 g/mol. The van der Waals surface area contributed by atoms with E-state index < -0.39 is 4.92 Å². The number of nitro groups is 1. The minimum absolute atomic E-state index is 0. The van der Waals surface area contributed by atoms with Crippen molar-refractivity contribution in [3.05, 3.63) is 39.9 Å². The third-order valence-corrected chi connectivity index (χ3v) is 3.97. The van der Waals surface area contributed by atoms with Crippen molar-refractivity contribution in [2.45, 2.75) is 44.6 Å². The van der Waals surface area contributed by atoms with E-state index in [9.17, 15) is 14.9 Å². The van der Waals surface area contributed by atoms with Crippen LogP contribution < -0.4 is 10.6 Å². The summed E-state index contributed by atoms with van der Waals surface area (Å²) in [6, 6.07) is 6.63. The first-order chi connectivity index (χ1) is 10.7. The zero-order chi connectivity index (χ0) is 15.8. The van der Waals surface area contributed by atoms with Gasteiger partial charge in [0.1, 0.15) is 0 Å². The summed E-state index contributed by atoms with van der Waals surface area (Å²) in [5.74, 6) is 0.107. The summed E-state index contributed by atoms with van der Waals surface area (Å²) in [4.78, 5) is 22.1. The molecule has 0 radical (unpaired) electrons. The van der Waals surface area contributed by atoms with Crippen LogP contribution in [0.3, 0.4) is 0 Å². The number of amides is 1. The van der Waals surface area contributed by atoms with E-state index in [0.717, 1.165) is 50.6 Å². The normalized spacial score (nSPS) is 17.1. The summed E-state index contributed by atoms with van der Waals surface area (Å²) in [6.07, 6.45) is 5.93. The minimum Gasteiger partial charge on any atom is -0.355 e. The third-order valence-electron chi connectivity index (χ3n) is 3.97. The first kappa shape index (κ1) is 19.4. The van der Waals surface area contributed by atoms with E-state index in [1.54, 1.807) is 12.1 Å². The van der Waals surface area contributed by atoms with Crippen LogP contribution in [-0.4, -0.2) is 30.0 Å². The Balaban J connectivity index is 0.00000264. The Labute approximate surface area is 142 Å². The van der Waals surface area contributed by atoms with Crippen LogP contribution in [0, 0.1) is 10.1 Å². The van der Waals surface area contributed by atoms with Crippen molar-refractivity contribution in [2.24, 2.45) is 0 Å². The topological polar surface area (TPSA) is 84.3 Å². The third kappa shape index (κ3) is 6.54. The number of nitrogens with one attached hydrogen (secondary N) is 2. The van der Waals surface area contributed by atoms with Crippen LogP contribution in [-0.2, 0) is 11.2 Å². The number of carbonyl (C=O) groups is 1. The predicted octanol–water partition coefficient (Wildman–Crippen LogP) is 2.60. The molecule has 23 heavy (non-hydrogen) atoms. The van der Waals surface area contributed by atoms with Crippen LogP contribution in [0.2, 0.25) is 0 Å². The maximum absolute atomic E-state index is 11.9. The summed E-state index contributed by atoms with van der Waals surface area (Å²) in [6.45, 7) is 1.61. The number of hydrogen-bond acceptors (Lipinski definition) is 4. The average molecular weight is 342 g/mol. The molecule has 1 aliphatic heterocycles. The van der Waals surface area contributed by atoms with Crippen LogP contribution in [0.25, 0.3) is 0 Å². The number of aryl methyl sites for hydroxylation is 1. The Hall–Kier alpha value is -1.66. The predicted molar refractivity (Wildman–Crippen MR) is 91.9 cm³/mol. The van der Waals surface area contributed by atoms with Gasteiger partial charge < -0.3 is 10.6 Å². The van der Waals surface area contributed by atoms with Gasteiger partial charge in [0.05, 0.1) is 11.0 Å². The fourth-order valence-electron chi connectivity index (χ4n) is 2.65. The van der Waals surface area contributed by atoms with Gasteiger partial charge in [-0.2, -0.15) is 0 Å². The van der Waals surface area contributed by atoms with Gasteiger partial charge >= 0.3 is 0 Å². The first-order valence-electron chi connectivity index (χ1n) is 7.91. The Bertz CT molecular complexity index is 502. The molecule has 1 fully saturated rings. The Morgan fingerprint density at radius 3 is 2.61 bits per heavy atom. The van der Waals surface area contributed by atoms with E-state index in [4.69, 9.17) is 0 Å². The number of non-ortho nitro benzene ring substituents is 1. The molecule has 1 atom stereocenters. The van der Waals surface area contributed by atoms with E-state index >= 15 is 0 Å². The lowest BCUT2D eigenvalue weighted by Crippen LogP contribution is -2.46. The highest BCUT2D eigenvalue weighted by molar-refractivity contribution is 5.85. The summed E-state index contributed by atoms with van der Waals surface area (Å²) in [5.41, 5.74) is 1.21. The highest BCUT2D eigenvalue weighted by Crippen LogP contribution is 2.13. The molecule has 2 N–H and O–H groups in total. The van der Waals surface area contributed by atoms with Crippen molar-refractivity contribution in [3.63, 3.8) is 0 Å². The highest BCUT2D eigenvalue weighted by Gasteiger charge is 2.19. The molecule has 0 spiro atoms. The van der Waals surface area contributed by atoms with Crippen LogP contribution >= 0.6 is 12.4 Å². The summed E-state index contributed by atoms with van der Waals surface area (Å²) >= 11 is 0. The summed E-state index contributed by atoms with van der Waals surface area (Å²) in [7, 11) is 0. The molecule has 1 aromatic carbocycles. The fourth-order valence-corrected chi connectivity index (χ4v) is 2.65. The maximum atomic E-state index is 11.9. The lowest BCUT2D eigenvalue weighted by atomic mass is 10.0. The molecular formula is C16H24ClN3O3. The van der Waals surface area contributed by atoms with Gasteiger partial charge in [-0.15, -0.1) is 12.4 Å². The van der Waals surface area contributed by atoms with Gasteiger partial charge in [0.25, 0.3) is 5.69 Å². The van der Waals surface area contributed by atoms with Gasteiger partial charge in [-0.25, -0.2) is 0 Å². The van der Waals surface area contributed by atoms with Crippen molar-refractivity contribution < 1.29 is 9.72 Å². The SMILES string of the molecule is Cl.O=C(NCCCCc1ccc([N+](=O)[O-])cc1)C1CCCCN1. The van der Waals surface area contributed by atoms with Crippen molar-refractivity contribution in [1.29, 1.82) is 0 Å². The largest absolute Gasteiger partial charge is 0.355 e. The number of rotatable bonds is 7. The smallest absolute Gasteiger partial charge is 0.269 e. The molecule has 1 amide bonds. The molecule has 1 unspecified atom stereocenters. The maximum Gasteiger partial charge on any atom is 0.269 e. The highest BCUT2D eigenvalue weighted by atomic mass is 35.5. The second kappa shape index (κ2) is 10.2. The number of nitrogens with zero attached hydrogens (tertiary/aromatic N) is 1. The van der Waals surface area contributed by atoms with Gasteiger partial charge in [0.15, 0.2) is 0 Å². The molecule has 128 valence electrons. The van der Waals surface area contributed by atoms with Crippen LogP contribution in [0.5, 0.6) is 0 Å². The Morgan fingerprint density at radius 2 is 2.00 bits per heavy atom. The number of benzene rings is 1. The Kier molecular flexibility index (Phi) is 8.58. The first-order valence-corrected chi connectivity index (χ1v) is 7.91. The number of hydrogen-bond donors (Lipinski definition) is 2. The second-order valence-corrected chi connectivity index (χ2v) is 5.67. The molecule has 0 bridgehead atoms. The Morgan fingerprint density at radius 1 is 1.26 bits per heavy atom. The quantitative estimate of drug-likeness (QED) is 0.453. The summed E-state index contributed by atoms with van der Waals surface area (Å²) in [5, 5.41) is 16.8. The molecule has 1 saturated heterocycles. The molecule has 1 aliphatic rings. The van der Waals surface area contributed by atoms with Gasteiger partial charge in [-0.05, 0) is 44.2 Å². The molecule has 1 heterocycles. The molecule has 0 aromatic heterocycles. The average Bonchev–Trinajstić information content (AvgIpc) is 2.55. The van der Waals surface area contributed by atoms with E-state index in [1.165, 1.54) is 12.1 Å². The van der Waals surface area contributed by atoms with E-state index in [-0.39, 0.29) is 30.0 Å². The standard InChI is InChI=1S/C16H23N3O3.ClH/c20-16(15-6-2-4-11-17-15)18-12-3-1-5-13-7-9-14(10-8-13)19(21)22;/h7-10,15,17H,1-6,11-12H2,(H,18,20);1H. The second-order valence-electron chi connectivity index (χ2n) is 5.67. The van der Waals surface area contributed by atoms with Crippen LogP contribution in [0.15, 0.2) is 24.3 Å². The van der Waals surface area contributed by atoms with Gasteiger partial charge in [-0.1, -0.05) is 18.6 Å². The molecule has 6 nitrogen and oxygen atoms in total. The number of halogens is 1. The minimum atomic E-state index is -0.390. The van der Waals surface area contributed by atoms with E-state index in [0.29, 0.717) is 6.54 Å². The monoisotopic (exact) mass is 341 g/mol. The zero-order valence-electron chi connectivity index (χ0n) is 13.1. The number of carbonyl (C=O) groups excluding carboxylic acids is 1. The van der Waals surface area contributed by atoms with Gasteiger partial charge in [0.2, 0.25) is 5.91 Å². The van der Waals surface area contributed by atoms with Crippen molar-refractivity contribution in [1.82, 2.24) is 10.6 Å². The van der Waals surface area contributed by atoms with Crippen molar-refractivity contribution in [3.8, 4) is 0 Å². The lowest BCUT2D eigenvalue weighted by Gasteiger charge is -2.22. The lowest BCUT2D eigenvalue weighted by molar-refractivity contribution is -0.384. The van der Waals surface area contributed by atoms with Gasteiger partial charge in [-0.3, -0.25) is 14.9 Å². The molecule has 0 aliphatic carbocycles. The number of unbranched alkanes of at least 4 members (excludes halogenated alkanes) is 1.